The molecule has 6 aromatic rings. The number of hydrogen-bond acceptors (Lipinski definition) is 6. The number of amides is 2. The van der Waals surface area contributed by atoms with Crippen LogP contribution in [0.15, 0.2) is 49.3 Å². The van der Waals surface area contributed by atoms with Crippen molar-refractivity contribution in [1.82, 2.24) is 30.4 Å². The monoisotopic (exact) mass is 710 g/mol. The van der Waals surface area contributed by atoms with Gasteiger partial charge in [-0.15, -0.1) is 6.58 Å². The van der Waals surface area contributed by atoms with Crippen molar-refractivity contribution in [3.8, 4) is 22.8 Å². The Labute approximate surface area is 305 Å². The summed E-state index contributed by atoms with van der Waals surface area (Å²) in [5.41, 5.74) is 11.6. The molecule has 0 bridgehead atoms. The lowest BCUT2D eigenvalue weighted by Crippen LogP contribution is -2.45. The molecule has 10 rings (SSSR count). The molecule has 6 heterocycles. The van der Waals surface area contributed by atoms with Crippen LogP contribution in [0, 0.1) is 0 Å². The Balaban J connectivity index is 0.962. The van der Waals surface area contributed by atoms with Crippen molar-refractivity contribution < 1.29 is 19.4 Å². The van der Waals surface area contributed by atoms with E-state index in [1.54, 1.807) is 22.8 Å². The van der Waals surface area contributed by atoms with Crippen molar-refractivity contribution in [2.75, 3.05) is 29.5 Å². The number of fused-ring (bicyclic) bond motifs is 12. The van der Waals surface area contributed by atoms with Gasteiger partial charge >= 0.3 is 0 Å². The molecule has 2 aliphatic carbocycles. The van der Waals surface area contributed by atoms with Gasteiger partial charge in [-0.1, -0.05) is 6.08 Å². The number of anilines is 2. The molecule has 4 aliphatic rings. The fourth-order valence-electron chi connectivity index (χ4n) is 9.38. The van der Waals surface area contributed by atoms with Gasteiger partial charge in [0.15, 0.2) is 5.60 Å². The molecule has 270 valence electrons. The van der Waals surface area contributed by atoms with Gasteiger partial charge in [-0.25, -0.2) is 0 Å². The van der Waals surface area contributed by atoms with E-state index in [4.69, 9.17) is 4.74 Å². The number of aliphatic hydroxyl groups excluding tert-OH is 1. The van der Waals surface area contributed by atoms with Gasteiger partial charge in [-0.05, 0) is 111 Å². The molecule has 0 fully saturated rings. The molecule has 12 nitrogen and oxygen atoms in total. The van der Waals surface area contributed by atoms with Gasteiger partial charge in [0.2, 0.25) is 5.91 Å². The van der Waals surface area contributed by atoms with E-state index in [-0.39, 0.29) is 25.0 Å². The van der Waals surface area contributed by atoms with Crippen LogP contribution < -0.4 is 9.80 Å². The summed E-state index contributed by atoms with van der Waals surface area (Å²) >= 11 is 0. The Hall–Kier alpha value is -5.46. The molecule has 5 N–H and O–H groups in total. The third kappa shape index (κ3) is 4.48. The molecule has 4 aromatic heterocycles. The smallest absolute Gasteiger partial charge is 0.263 e. The maximum absolute atomic E-state index is 14.2. The van der Waals surface area contributed by atoms with E-state index in [0.29, 0.717) is 6.54 Å². The van der Waals surface area contributed by atoms with Gasteiger partial charge < -0.3 is 29.6 Å². The zero-order valence-corrected chi connectivity index (χ0v) is 30.2. The Kier molecular flexibility index (Phi) is 6.85. The SMILES string of the molecule is C=CCN1C(=O)C(C)(OCC(O)CN2C(=O)C(C)(C)c3cc4[nH]c5c(c4cc32)CCCc2c[nH]nc2-5)c2cc3[nH]c4c(c3cc21)CCCc1c[nH]nc1-4. The average Bonchev–Trinajstić information content (AvgIpc) is 3.97. The summed E-state index contributed by atoms with van der Waals surface area (Å²) in [6.45, 7) is 9.75. The van der Waals surface area contributed by atoms with Crippen molar-refractivity contribution in [3.05, 3.63) is 82.7 Å². The highest BCUT2D eigenvalue weighted by atomic mass is 16.5. The van der Waals surface area contributed by atoms with E-state index in [1.807, 2.05) is 32.3 Å². The Morgan fingerprint density at radius 3 is 1.98 bits per heavy atom. The minimum absolute atomic E-state index is 0.0266. The van der Waals surface area contributed by atoms with Gasteiger partial charge in [0.05, 0.1) is 41.7 Å². The van der Waals surface area contributed by atoms with Crippen molar-refractivity contribution in [1.29, 1.82) is 0 Å². The molecule has 2 amide bonds. The first kappa shape index (κ1) is 32.2. The molecule has 12 heteroatoms. The first-order valence-corrected chi connectivity index (χ1v) is 18.6. The maximum atomic E-state index is 14.2. The first-order valence-electron chi connectivity index (χ1n) is 18.6. The number of carbonyl (C=O) groups excluding carboxylic acids is 2. The van der Waals surface area contributed by atoms with E-state index in [0.717, 1.165) is 106 Å². The van der Waals surface area contributed by atoms with Crippen LogP contribution in [0.25, 0.3) is 44.6 Å². The lowest BCUT2D eigenvalue weighted by Gasteiger charge is -2.28. The van der Waals surface area contributed by atoms with Crippen LogP contribution in [0.1, 0.15) is 67.0 Å². The Morgan fingerprint density at radius 1 is 0.830 bits per heavy atom. The van der Waals surface area contributed by atoms with Crippen LogP contribution in [0.4, 0.5) is 11.4 Å². The molecule has 2 aliphatic heterocycles. The molecule has 0 radical (unpaired) electrons. The highest BCUT2D eigenvalue weighted by Crippen LogP contribution is 2.48. The number of aliphatic hydroxyl groups is 1. The number of hydrogen-bond donors (Lipinski definition) is 5. The minimum Gasteiger partial charge on any atom is -0.389 e. The van der Waals surface area contributed by atoms with Crippen molar-refractivity contribution in [2.24, 2.45) is 0 Å². The third-order valence-electron chi connectivity index (χ3n) is 12.2. The van der Waals surface area contributed by atoms with E-state index < -0.39 is 17.1 Å². The van der Waals surface area contributed by atoms with Crippen LogP contribution in [-0.4, -0.2) is 73.1 Å². The highest BCUT2D eigenvalue weighted by molar-refractivity contribution is 6.11. The largest absolute Gasteiger partial charge is 0.389 e. The van der Waals surface area contributed by atoms with Gasteiger partial charge in [0.1, 0.15) is 11.4 Å². The van der Waals surface area contributed by atoms with Gasteiger partial charge in [-0.3, -0.25) is 19.8 Å². The number of β-amino-alcohol motifs (C(OH)–C–C–N with tert-alkyl or cyclic N) is 1. The maximum Gasteiger partial charge on any atom is 0.263 e. The number of rotatable bonds is 7. The Morgan fingerprint density at radius 2 is 1.40 bits per heavy atom. The second-order valence-electron chi connectivity index (χ2n) is 15.8. The van der Waals surface area contributed by atoms with E-state index >= 15 is 0 Å². The minimum atomic E-state index is -1.36. The van der Waals surface area contributed by atoms with Crippen LogP contribution in [0.3, 0.4) is 0 Å². The molecule has 2 aromatic carbocycles. The second-order valence-corrected chi connectivity index (χ2v) is 15.8. The predicted molar refractivity (Wildman–Crippen MR) is 203 cm³/mol. The number of benzene rings is 2. The van der Waals surface area contributed by atoms with Gasteiger partial charge in [0.25, 0.3) is 5.91 Å². The van der Waals surface area contributed by atoms with Crippen molar-refractivity contribution in [2.45, 2.75) is 76.4 Å². The van der Waals surface area contributed by atoms with Crippen molar-refractivity contribution >= 4 is 45.0 Å². The van der Waals surface area contributed by atoms with Crippen LogP contribution in [0.2, 0.25) is 0 Å². The van der Waals surface area contributed by atoms with Gasteiger partial charge in [-0.2, -0.15) is 10.2 Å². The van der Waals surface area contributed by atoms with E-state index in [9.17, 15) is 14.7 Å². The number of H-pyrrole nitrogens is 4. The third-order valence-corrected chi connectivity index (χ3v) is 12.2. The lowest BCUT2D eigenvalue weighted by molar-refractivity contribution is -0.145. The summed E-state index contributed by atoms with van der Waals surface area (Å²) in [5.74, 6) is -0.299. The summed E-state index contributed by atoms with van der Waals surface area (Å²) in [6, 6.07) is 8.28. The zero-order valence-electron chi connectivity index (χ0n) is 30.2. The van der Waals surface area contributed by atoms with Crippen molar-refractivity contribution in [3.63, 3.8) is 0 Å². The highest BCUT2D eigenvalue weighted by Gasteiger charge is 2.50. The topological polar surface area (TPSA) is 159 Å². The van der Waals surface area contributed by atoms with Crippen LogP contribution >= 0.6 is 0 Å². The molecule has 2 atom stereocenters. The average molecular weight is 711 g/mol. The fourth-order valence-corrected chi connectivity index (χ4v) is 9.38. The number of aromatic nitrogens is 6. The molecule has 53 heavy (non-hydrogen) atoms. The molecule has 0 saturated heterocycles. The number of carbonyl (C=O) groups is 2. The standard InChI is InChI=1S/C41H42N8O4/c1-5-12-48-33-14-27-25-11-7-9-22-18-43-47-35(22)37(25)45-31(27)16-29(33)41(4,39(48)52)53-20-23(50)19-49-32-13-26-24-10-6-8-21-17-42-46-34(21)36(24)44-30(26)15-28(32)40(2,3)38(49)51/h5,13-18,23,44-45,50H,1,6-12,19-20H2,2-4H3,(H,42,46)(H,43,47). The number of aryl methyl sites for hydroxylation is 4. The normalized spacial score (nSPS) is 20.5. The lowest BCUT2D eigenvalue weighted by atomic mass is 9.85. The molecular formula is C41H42N8O4. The Bertz CT molecular complexity index is 2530. The molecule has 0 saturated carbocycles. The summed E-state index contributed by atoms with van der Waals surface area (Å²) in [4.78, 5) is 38.8. The molecular weight excluding hydrogens is 669 g/mol. The summed E-state index contributed by atoms with van der Waals surface area (Å²) in [7, 11) is 0. The summed E-state index contributed by atoms with van der Waals surface area (Å²) < 4.78 is 6.48. The first-order chi connectivity index (χ1) is 25.6. The van der Waals surface area contributed by atoms with Crippen LogP contribution in [-0.2, 0) is 51.0 Å². The summed E-state index contributed by atoms with van der Waals surface area (Å²) in [6.07, 6.45) is 10.3. The number of ether oxygens (including phenoxy) is 1. The second kappa shape index (κ2) is 11.3. The van der Waals surface area contributed by atoms with E-state index in [2.05, 4.69) is 55.1 Å². The number of nitrogens with zero attached hydrogens (tertiary/aromatic N) is 4. The quantitative estimate of drug-likeness (QED) is 0.131. The summed E-state index contributed by atoms with van der Waals surface area (Å²) in [5, 5.41) is 28.9. The molecule has 2 unspecified atom stereocenters. The number of aromatic amines is 4. The van der Waals surface area contributed by atoms with Crippen LogP contribution in [0.5, 0.6) is 0 Å². The zero-order chi connectivity index (χ0) is 36.4. The predicted octanol–water partition coefficient (Wildman–Crippen LogP) is 5.86. The van der Waals surface area contributed by atoms with Gasteiger partial charge in [0, 0.05) is 52.0 Å². The number of nitrogens with one attached hydrogen (secondary N) is 4. The molecule has 0 spiro atoms. The fraction of sp³-hybridized carbons (Fsp3) is 0.366. The van der Waals surface area contributed by atoms with E-state index in [1.165, 1.54) is 22.3 Å².